The summed E-state index contributed by atoms with van der Waals surface area (Å²) in [7, 11) is 2.13. The summed E-state index contributed by atoms with van der Waals surface area (Å²) in [5.41, 5.74) is 2.71. The zero-order valence-corrected chi connectivity index (χ0v) is 6.91. The molecular formula is C9H13N2+. The number of hydrogen-bond acceptors (Lipinski definition) is 1. The Labute approximate surface area is 66.8 Å². The van der Waals surface area contributed by atoms with Crippen molar-refractivity contribution < 1.29 is 5.32 Å². The van der Waals surface area contributed by atoms with Gasteiger partial charge in [-0.15, -0.1) is 0 Å². The first-order chi connectivity index (χ1) is 5.29. The molecule has 1 aliphatic heterocycles. The predicted octanol–water partition coefficient (Wildman–Crippen LogP) is 0.677. The summed E-state index contributed by atoms with van der Waals surface area (Å²) in [5.74, 6) is 0. The maximum atomic E-state index is 2.29. The van der Waals surface area contributed by atoms with Crippen LogP contribution in [-0.2, 0) is 0 Å². The number of anilines is 1. The quantitative estimate of drug-likeness (QED) is 0.538. The number of rotatable bonds is 0. The molecule has 2 nitrogen and oxygen atoms in total. The molecule has 2 rings (SSSR count). The summed E-state index contributed by atoms with van der Waals surface area (Å²) in [4.78, 5) is 2.29. The van der Waals surface area contributed by atoms with E-state index >= 15 is 0 Å². The molecule has 1 unspecified atom stereocenters. The summed E-state index contributed by atoms with van der Waals surface area (Å²) in [6.07, 6.45) is 0.549. The molecule has 0 aliphatic carbocycles. The number of nitrogens with zero attached hydrogens (tertiary/aromatic N) is 1. The van der Waals surface area contributed by atoms with Crippen LogP contribution in [0.4, 0.5) is 11.4 Å². The standard InChI is InChI=1S/C9H12N2/c1-7-10-8-5-3-4-6-9(8)11(7)2/h3-7,10H,1-2H3/p+1. The topological polar surface area (TPSA) is 19.9 Å². The van der Waals surface area contributed by atoms with E-state index in [-0.39, 0.29) is 0 Å². The molecule has 1 aromatic carbocycles. The lowest BCUT2D eigenvalue weighted by Gasteiger charge is -2.12. The molecule has 0 saturated heterocycles. The van der Waals surface area contributed by atoms with Gasteiger partial charge in [0.2, 0.25) is 0 Å². The Morgan fingerprint density at radius 2 is 2.09 bits per heavy atom. The predicted molar refractivity (Wildman–Crippen MR) is 45.9 cm³/mol. The van der Waals surface area contributed by atoms with E-state index in [2.05, 4.69) is 48.5 Å². The first kappa shape index (κ1) is 6.68. The molecular weight excluding hydrogens is 136 g/mol. The second-order valence-electron chi connectivity index (χ2n) is 3.08. The molecule has 11 heavy (non-hydrogen) atoms. The van der Waals surface area contributed by atoms with E-state index in [1.165, 1.54) is 11.4 Å². The van der Waals surface area contributed by atoms with Crippen LogP contribution in [0.2, 0.25) is 0 Å². The van der Waals surface area contributed by atoms with Gasteiger partial charge in [-0.2, -0.15) is 0 Å². The fourth-order valence-corrected chi connectivity index (χ4v) is 1.54. The summed E-state index contributed by atoms with van der Waals surface area (Å²) >= 11 is 0. The van der Waals surface area contributed by atoms with Crippen LogP contribution in [0.1, 0.15) is 6.92 Å². The van der Waals surface area contributed by atoms with Gasteiger partial charge in [0, 0.05) is 20.0 Å². The Hall–Kier alpha value is -1.02. The second kappa shape index (κ2) is 2.24. The van der Waals surface area contributed by atoms with Crippen LogP contribution in [0.5, 0.6) is 0 Å². The van der Waals surface area contributed by atoms with E-state index in [4.69, 9.17) is 0 Å². The van der Waals surface area contributed by atoms with E-state index in [1.54, 1.807) is 0 Å². The third-order valence-electron chi connectivity index (χ3n) is 2.35. The van der Waals surface area contributed by atoms with Crippen molar-refractivity contribution in [2.75, 3.05) is 11.9 Å². The Balaban J connectivity index is 2.47. The van der Waals surface area contributed by atoms with Gasteiger partial charge in [-0.05, 0) is 6.07 Å². The lowest BCUT2D eigenvalue weighted by Crippen LogP contribution is -2.83. The molecule has 0 bridgehead atoms. The van der Waals surface area contributed by atoms with E-state index in [1.807, 2.05) is 0 Å². The SMILES string of the molecule is CC1[NH2+]c2ccccc2N1C. The zero-order valence-electron chi connectivity index (χ0n) is 6.91. The number of hydrogen-bond donors (Lipinski definition) is 1. The highest BCUT2D eigenvalue weighted by atomic mass is 15.3. The number of para-hydroxylation sites is 2. The van der Waals surface area contributed by atoms with Gasteiger partial charge >= 0.3 is 0 Å². The van der Waals surface area contributed by atoms with E-state index < -0.39 is 0 Å². The highest BCUT2D eigenvalue weighted by molar-refractivity contribution is 5.64. The summed E-state index contributed by atoms with van der Waals surface area (Å²) in [5, 5.41) is 2.29. The zero-order chi connectivity index (χ0) is 7.84. The molecule has 0 aromatic heterocycles. The molecule has 1 aromatic rings. The van der Waals surface area contributed by atoms with E-state index in [0.717, 1.165) is 0 Å². The minimum absolute atomic E-state index is 0.549. The summed E-state index contributed by atoms with van der Waals surface area (Å²) in [6, 6.07) is 8.49. The molecule has 1 aliphatic rings. The average molecular weight is 149 g/mol. The molecule has 0 spiro atoms. The molecule has 1 heterocycles. The van der Waals surface area contributed by atoms with Gasteiger partial charge in [-0.1, -0.05) is 12.1 Å². The van der Waals surface area contributed by atoms with Crippen LogP contribution >= 0.6 is 0 Å². The van der Waals surface area contributed by atoms with Crippen molar-refractivity contribution >= 4 is 11.4 Å². The normalized spacial score (nSPS) is 22.0. The van der Waals surface area contributed by atoms with Crippen LogP contribution in [0, 0.1) is 0 Å². The average Bonchev–Trinajstić information content (AvgIpc) is 2.30. The molecule has 0 radical (unpaired) electrons. The van der Waals surface area contributed by atoms with Gasteiger partial charge in [0.25, 0.3) is 0 Å². The molecule has 0 fully saturated rings. The maximum Gasteiger partial charge on any atom is 0.163 e. The van der Waals surface area contributed by atoms with Gasteiger partial charge in [0.1, 0.15) is 5.69 Å². The second-order valence-corrected chi connectivity index (χ2v) is 3.08. The molecule has 2 N–H and O–H groups in total. The highest BCUT2D eigenvalue weighted by Gasteiger charge is 2.25. The van der Waals surface area contributed by atoms with Gasteiger partial charge < -0.3 is 4.90 Å². The smallest absolute Gasteiger partial charge is 0.163 e. The number of benzene rings is 1. The minimum atomic E-state index is 0.549. The Morgan fingerprint density at radius 3 is 2.82 bits per heavy atom. The van der Waals surface area contributed by atoms with Crippen molar-refractivity contribution in [1.82, 2.24) is 0 Å². The van der Waals surface area contributed by atoms with Crippen LogP contribution in [0.25, 0.3) is 0 Å². The van der Waals surface area contributed by atoms with Crippen LogP contribution in [0.3, 0.4) is 0 Å². The van der Waals surface area contributed by atoms with E-state index in [9.17, 15) is 0 Å². The first-order valence-electron chi connectivity index (χ1n) is 3.96. The first-order valence-corrected chi connectivity index (χ1v) is 3.96. The molecule has 1 atom stereocenters. The maximum absolute atomic E-state index is 2.29. The molecule has 58 valence electrons. The Kier molecular flexibility index (Phi) is 1.36. The van der Waals surface area contributed by atoms with E-state index in [0.29, 0.717) is 6.17 Å². The Bertz CT molecular complexity index is 270. The van der Waals surface area contributed by atoms with Gasteiger partial charge in [-0.3, -0.25) is 5.32 Å². The lowest BCUT2D eigenvalue weighted by molar-refractivity contribution is -0.596. The van der Waals surface area contributed by atoms with Crippen LogP contribution in [0.15, 0.2) is 24.3 Å². The van der Waals surface area contributed by atoms with Gasteiger partial charge in [0.15, 0.2) is 11.9 Å². The van der Waals surface area contributed by atoms with Crippen molar-refractivity contribution in [2.45, 2.75) is 13.1 Å². The fourth-order valence-electron chi connectivity index (χ4n) is 1.54. The molecule has 0 saturated carbocycles. The van der Waals surface area contributed by atoms with Gasteiger partial charge in [0.05, 0.1) is 0 Å². The van der Waals surface area contributed by atoms with Crippen molar-refractivity contribution in [3.8, 4) is 0 Å². The van der Waals surface area contributed by atoms with Crippen molar-refractivity contribution in [3.63, 3.8) is 0 Å². The Morgan fingerprint density at radius 1 is 1.36 bits per heavy atom. The molecule has 2 heteroatoms. The van der Waals surface area contributed by atoms with Crippen molar-refractivity contribution in [2.24, 2.45) is 0 Å². The van der Waals surface area contributed by atoms with Crippen molar-refractivity contribution in [3.05, 3.63) is 24.3 Å². The van der Waals surface area contributed by atoms with Crippen molar-refractivity contribution in [1.29, 1.82) is 0 Å². The number of nitrogens with two attached hydrogens (primary N) is 1. The minimum Gasteiger partial charge on any atom is -0.321 e. The highest BCUT2D eigenvalue weighted by Crippen LogP contribution is 2.24. The fraction of sp³-hybridized carbons (Fsp3) is 0.333. The van der Waals surface area contributed by atoms with Gasteiger partial charge in [-0.25, -0.2) is 0 Å². The van der Waals surface area contributed by atoms with Crippen LogP contribution < -0.4 is 10.2 Å². The van der Waals surface area contributed by atoms with Crippen LogP contribution in [-0.4, -0.2) is 13.2 Å². The third kappa shape index (κ3) is 0.906. The molecule has 0 amide bonds. The third-order valence-corrected chi connectivity index (χ3v) is 2.35. The summed E-state index contributed by atoms with van der Waals surface area (Å²) < 4.78 is 0. The number of quaternary nitrogens is 1. The number of fused-ring (bicyclic) bond motifs is 1. The lowest BCUT2D eigenvalue weighted by atomic mass is 10.3. The largest absolute Gasteiger partial charge is 0.321 e. The monoisotopic (exact) mass is 149 g/mol. The summed E-state index contributed by atoms with van der Waals surface area (Å²) in [6.45, 7) is 2.21.